The SMILES string of the molecule is CCN(CCN(C)C)C(=O)N[C@@H]1CN[C@@H]2Cc3cnc(N)nc3C[C@H]2C1. The van der Waals surface area contributed by atoms with Gasteiger partial charge in [-0.25, -0.2) is 14.8 Å². The van der Waals surface area contributed by atoms with E-state index in [9.17, 15) is 4.79 Å². The number of piperidine rings is 1. The number of amides is 2. The first-order valence-electron chi connectivity index (χ1n) is 9.50. The molecule has 1 aliphatic carbocycles. The molecule has 1 aromatic rings. The van der Waals surface area contributed by atoms with Crippen molar-refractivity contribution in [2.45, 2.75) is 38.3 Å². The fourth-order valence-corrected chi connectivity index (χ4v) is 3.93. The largest absolute Gasteiger partial charge is 0.368 e. The number of nitrogens with one attached hydrogen (secondary N) is 2. The van der Waals surface area contributed by atoms with E-state index in [-0.39, 0.29) is 12.1 Å². The first-order valence-corrected chi connectivity index (χ1v) is 9.50. The number of anilines is 1. The summed E-state index contributed by atoms with van der Waals surface area (Å²) in [5, 5.41) is 6.82. The molecule has 0 aromatic carbocycles. The summed E-state index contributed by atoms with van der Waals surface area (Å²) in [4.78, 5) is 25.1. The Morgan fingerprint density at radius 2 is 2.19 bits per heavy atom. The molecule has 8 nitrogen and oxygen atoms in total. The fourth-order valence-electron chi connectivity index (χ4n) is 3.93. The van der Waals surface area contributed by atoms with Crippen LogP contribution in [0.15, 0.2) is 6.20 Å². The first-order chi connectivity index (χ1) is 12.5. The molecule has 0 bridgehead atoms. The van der Waals surface area contributed by atoms with Gasteiger partial charge in [-0.1, -0.05) is 0 Å². The third-order valence-corrected chi connectivity index (χ3v) is 5.46. The number of carbonyl (C=O) groups excluding carboxylic acids is 1. The van der Waals surface area contributed by atoms with Crippen LogP contribution >= 0.6 is 0 Å². The quantitative estimate of drug-likeness (QED) is 0.688. The summed E-state index contributed by atoms with van der Waals surface area (Å²) < 4.78 is 0. The number of urea groups is 1. The van der Waals surface area contributed by atoms with Crippen LogP contribution in [0.1, 0.15) is 24.6 Å². The molecule has 1 fully saturated rings. The van der Waals surface area contributed by atoms with Gasteiger partial charge in [0.1, 0.15) is 0 Å². The van der Waals surface area contributed by atoms with E-state index >= 15 is 0 Å². The van der Waals surface area contributed by atoms with Crippen LogP contribution in [-0.4, -0.2) is 78.2 Å². The minimum absolute atomic E-state index is 0.0300. The fraction of sp³-hybridized carbons (Fsp3) is 0.722. The molecule has 8 heteroatoms. The summed E-state index contributed by atoms with van der Waals surface area (Å²) in [6.07, 6.45) is 4.65. The van der Waals surface area contributed by atoms with E-state index in [4.69, 9.17) is 5.73 Å². The van der Waals surface area contributed by atoms with Crippen LogP contribution in [-0.2, 0) is 12.8 Å². The Kier molecular flexibility index (Phi) is 5.93. The lowest BCUT2D eigenvalue weighted by Crippen LogP contribution is -2.58. The van der Waals surface area contributed by atoms with Gasteiger partial charge in [0.05, 0.1) is 0 Å². The van der Waals surface area contributed by atoms with Crippen LogP contribution < -0.4 is 16.4 Å². The van der Waals surface area contributed by atoms with Crippen LogP contribution in [0, 0.1) is 5.92 Å². The van der Waals surface area contributed by atoms with E-state index in [1.807, 2.05) is 32.1 Å². The molecule has 0 spiro atoms. The predicted octanol–water partition coefficient (Wildman–Crippen LogP) is 0.0972. The molecule has 4 N–H and O–H groups in total. The average Bonchev–Trinajstić information content (AvgIpc) is 2.60. The Morgan fingerprint density at radius 1 is 1.38 bits per heavy atom. The molecule has 3 atom stereocenters. The van der Waals surface area contributed by atoms with Crippen molar-refractivity contribution >= 4 is 12.0 Å². The summed E-state index contributed by atoms with van der Waals surface area (Å²) in [6, 6.07) is 0.610. The Balaban J connectivity index is 1.57. The number of likely N-dealkylation sites (N-methyl/N-ethyl adjacent to an activating group) is 2. The lowest BCUT2D eigenvalue weighted by molar-refractivity contribution is 0.175. The van der Waals surface area contributed by atoms with Gasteiger partial charge >= 0.3 is 6.03 Å². The van der Waals surface area contributed by atoms with E-state index in [2.05, 4.69) is 25.5 Å². The van der Waals surface area contributed by atoms with Crippen molar-refractivity contribution in [2.75, 3.05) is 46.0 Å². The summed E-state index contributed by atoms with van der Waals surface area (Å²) in [5.41, 5.74) is 7.99. The average molecular weight is 361 g/mol. The smallest absolute Gasteiger partial charge is 0.317 e. The van der Waals surface area contributed by atoms with Gasteiger partial charge in [-0.2, -0.15) is 0 Å². The standard InChI is InChI=1S/C18H31N7O/c1-4-25(6-5-24(2)3)18(26)22-14-7-12-8-16-13(9-15(12)20-11-14)10-21-17(19)23-16/h10,12,14-15,20H,4-9,11H2,1-3H3,(H,22,26)(H2,19,21,23)/t12-,14+,15-/m1/s1. The maximum atomic E-state index is 12.6. The first kappa shape index (κ1) is 18.8. The molecule has 2 heterocycles. The number of aromatic nitrogens is 2. The normalized spacial score (nSPS) is 24.7. The Morgan fingerprint density at radius 3 is 2.92 bits per heavy atom. The zero-order valence-corrected chi connectivity index (χ0v) is 16.0. The number of hydrogen-bond donors (Lipinski definition) is 3. The summed E-state index contributed by atoms with van der Waals surface area (Å²) in [5.74, 6) is 0.808. The molecule has 2 amide bonds. The lowest BCUT2D eigenvalue weighted by Gasteiger charge is -2.41. The number of nitrogen functional groups attached to an aromatic ring is 1. The van der Waals surface area contributed by atoms with Crippen LogP contribution in [0.4, 0.5) is 10.7 Å². The monoisotopic (exact) mass is 361 g/mol. The van der Waals surface area contributed by atoms with E-state index in [0.29, 0.717) is 17.9 Å². The van der Waals surface area contributed by atoms with E-state index in [0.717, 1.165) is 51.1 Å². The second-order valence-corrected chi connectivity index (χ2v) is 7.65. The number of hydrogen-bond acceptors (Lipinski definition) is 6. The Bertz CT molecular complexity index is 636. The molecule has 144 valence electrons. The van der Waals surface area contributed by atoms with Crippen molar-refractivity contribution in [3.8, 4) is 0 Å². The molecule has 26 heavy (non-hydrogen) atoms. The summed E-state index contributed by atoms with van der Waals surface area (Å²) >= 11 is 0. The molecular formula is C18H31N7O. The molecule has 1 aromatic heterocycles. The van der Waals surface area contributed by atoms with Crippen molar-refractivity contribution in [1.29, 1.82) is 0 Å². The third kappa shape index (κ3) is 4.42. The summed E-state index contributed by atoms with van der Waals surface area (Å²) in [6.45, 7) is 5.16. The number of fused-ring (bicyclic) bond motifs is 2. The van der Waals surface area contributed by atoms with E-state index in [1.165, 1.54) is 5.56 Å². The van der Waals surface area contributed by atoms with Gasteiger partial charge in [0, 0.05) is 50.2 Å². The lowest BCUT2D eigenvalue weighted by atomic mass is 9.77. The van der Waals surface area contributed by atoms with Crippen LogP contribution in [0.25, 0.3) is 0 Å². The second-order valence-electron chi connectivity index (χ2n) is 7.65. The highest BCUT2D eigenvalue weighted by atomic mass is 16.2. The van der Waals surface area contributed by atoms with Gasteiger partial charge in [-0.05, 0) is 51.8 Å². The minimum atomic E-state index is 0.0300. The number of nitrogens with zero attached hydrogens (tertiary/aromatic N) is 4. The number of carbonyl (C=O) groups is 1. The van der Waals surface area contributed by atoms with E-state index in [1.54, 1.807) is 0 Å². The maximum absolute atomic E-state index is 12.6. The van der Waals surface area contributed by atoms with Crippen molar-refractivity contribution in [3.63, 3.8) is 0 Å². The maximum Gasteiger partial charge on any atom is 0.317 e. The highest BCUT2D eigenvalue weighted by Gasteiger charge is 2.35. The van der Waals surface area contributed by atoms with Crippen molar-refractivity contribution in [3.05, 3.63) is 17.5 Å². The second kappa shape index (κ2) is 8.18. The number of rotatable bonds is 5. The zero-order valence-electron chi connectivity index (χ0n) is 16.0. The molecule has 0 unspecified atom stereocenters. The Labute approximate surface area is 155 Å². The van der Waals surface area contributed by atoms with Crippen LogP contribution in [0.2, 0.25) is 0 Å². The van der Waals surface area contributed by atoms with E-state index < -0.39 is 0 Å². The molecule has 3 rings (SSSR count). The Hall–Kier alpha value is -1.93. The van der Waals surface area contributed by atoms with Crippen LogP contribution in [0.3, 0.4) is 0 Å². The van der Waals surface area contributed by atoms with Crippen molar-refractivity contribution in [1.82, 2.24) is 30.4 Å². The molecular weight excluding hydrogens is 330 g/mol. The molecule has 0 saturated carbocycles. The van der Waals surface area contributed by atoms with Gasteiger partial charge in [0.15, 0.2) is 0 Å². The highest BCUT2D eigenvalue weighted by Crippen LogP contribution is 2.30. The third-order valence-electron chi connectivity index (χ3n) is 5.46. The zero-order chi connectivity index (χ0) is 18.7. The predicted molar refractivity (Wildman–Crippen MR) is 102 cm³/mol. The summed E-state index contributed by atoms with van der Waals surface area (Å²) in [7, 11) is 4.04. The van der Waals surface area contributed by atoms with Gasteiger partial charge in [0.25, 0.3) is 0 Å². The van der Waals surface area contributed by atoms with Gasteiger partial charge < -0.3 is 26.2 Å². The van der Waals surface area contributed by atoms with Crippen LogP contribution in [0.5, 0.6) is 0 Å². The van der Waals surface area contributed by atoms with Gasteiger partial charge in [0.2, 0.25) is 5.95 Å². The van der Waals surface area contributed by atoms with Gasteiger partial charge in [-0.15, -0.1) is 0 Å². The molecule has 0 radical (unpaired) electrons. The van der Waals surface area contributed by atoms with Crippen molar-refractivity contribution in [2.24, 2.45) is 5.92 Å². The number of nitrogens with two attached hydrogens (primary N) is 1. The molecule has 1 saturated heterocycles. The van der Waals surface area contributed by atoms with Gasteiger partial charge in [-0.3, -0.25) is 0 Å². The molecule has 2 aliphatic rings. The minimum Gasteiger partial charge on any atom is -0.368 e. The van der Waals surface area contributed by atoms with Crippen molar-refractivity contribution < 1.29 is 4.79 Å². The highest BCUT2D eigenvalue weighted by molar-refractivity contribution is 5.74. The topological polar surface area (TPSA) is 99.4 Å². The molecule has 1 aliphatic heterocycles.